The molecule has 0 bridgehead atoms. The molecule has 3 rings (SSSR count). The maximum absolute atomic E-state index is 13.6. The molecule has 0 fully saturated rings. The van der Waals surface area contributed by atoms with Crippen LogP contribution in [-0.4, -0.2) is 25.2 Å². The predicted octanol–water partition coefficient (Wildman–Crippen LogP) is 4.61. The van der Waals surface area contributed by atoms with Gasteiger partial charge < -0.3 is 14.8 Å². The monoisotopic (exact) mass is 373 g/mol. The van der Waals surface area contributed by atoms with Crippen molar-refractivity contribution in [1.82, 2.24) is 4.98 Å². The first-order chi connectivity index (χ1) is 12.6. The largest absolute Gasteiger partial charge is 0.493 e. The van der Waals surface area contributed by atoms with Crippen LogP contribution in [0.4, 0.5) is 20.0 Å². The first-order valence-corrected chi connectivity index (χ1v) is 8.49. The molecule has 0 aliphatic carbocycles. The summed E-state index contributed by atoms with van der Waals surface area (Å²) in [7, 11) is 3.12. The number of carbonyl (C=O) groups is 1. The molecule has 2 amide bonds. The number of hydrogen-bond acceptors (Lipinski definition) is 5. The van der Waals surface area contributed by atoms with Crippen LogP contribution < -0.4 is 20.1 Å². The van der Waals surface area contributed by atoms with E-state index in [1.165, 1.54) is 23.5 Å². The lowest BCUT2D eigenvalue weighted by Gasteiger charge is -2.08. The third-order valence-corrected chi connectivity index (χ3v) is 4.28. The second-order valence-corrected chi connectivity index (χ2v) is 6.02. The number of nitrogens with zero attached hydrogens (tertiary/aromatic N) is 1. The molecule has 0 spiro atoms. The van der Waals surface area contributed by atoms with E-state index in [-0.39, 0.29) is 5.69 Å². The molecule has 0 aliphatic heterocycles. The number of rotatable bonds is 5. The number of halogens is 1. The van der Waals surface area contributed by atoms with Crippen molar-refractivity contribution < 1.29 is 18.7 Å². The van der Waals surface area contributed by atoms with Gasteiger partial charge in [-0.3, -0.25) is 5.32 Å². The first-order valence-electron chi connectivity index (χ1n) is 7.61. The molecule has 0 radical (unpaired) electrons. The molecule has 1 aromatic heterocycles. The van der Waals surface area contributed by atoms with Gasteiger partial charge in [0.05, 0.1) is 25.6 Å². The van der Waals surface area contributed by atoms with Crippen LogP contribution in [0.5, 0.6) is 11.5 Å². The zero-order valence-electron chi connectivity index (χ0n) is 14.1. The SMILES string of the molecule is COc1ccc(-c2csc(NC(=O)Nc3ccccc3F)n2)cc1OC. The van der Waals surface area contributed by atoms with Crippen molar-refractivity contribution in [1.29, 1.82) is 0 Å². The normalized spacial score (nSPS) is 10.3. The van der Waals surface area contributed by atoms with Gasteiger partial charge in [0.25, 0.3) is 0 Å². The van der Waals surface area contributed by atoms with E-state index in [2.05, 4.69) is 15.6 Å². The lowest BCUT2D eigenvalue weighted by atomic mass is 10.1. The summed E-state index contributed by atoms with van der Waals surface area (Å²) in [5, 5.41) is 7.24. The Kier molecular flexibility index (Phi) is 5.33. The van der Waals surface area contributed by atoms with Crippen LogP contribution in [0, 0.1) is 5.82 Å². The molecule has 0 saturated carbocycles. The molecular weight excluding hydrogens is 357 g/mol. The number of thiazole rings is 1. The summed E-state index contributed by atoms with van der Waals surface area (Å²) < 4.78 is 24.1. The summed E-state index contributed by atoms with van der Waals surface area (Å²) in [5.74, 6) is 0.701. The molecule has 2 N–H and O–H groups in total. The van der Waals surface area contributed by atoms with Gasteiger partial charge in [0.2, 0.25) is 0 Å². The van der Waals surface area contributed by atoms with Crippen molar-refractivity contribution in [2.24, 2.45) is 0 Å². The number of hydrogen-bond donors (Lipinski definition) is 2. The highest BCUT2D eigenvalue weighted by atomic mass is 32.1. The Labute approximate surface area is 153 Å². The number of methoxy groups -OCH3 is 2. The fraction of sp³-hybridized carbons (Fsp3) is 0.111. The van der Waals surface area contributed by atoms with Crippen molar-refractivity contribution in [3.05, 3.63) is 53.7 Å². The van der Waals surface area contributed by atoms with Crippen molar-refractivity contribution in [3.8, 4) is 22.8 Å². The van der Waals surface area contributed by atoms with Gasteiger partial charge in [0.15, 0.2) is 16.6 Å². The summed E-state index contributed by atoms with van der Waals surface area (Å²) >= 11 is 1.26. The number of ether oxygens (including phenoxy) is 2. The third-order valence-electron chi connectivity index (χ3n) is 3.53. The number of benzene rings is 2. The van der Waals surface area contributed by atoms with Crippen LogP contribution in [-0.2, 0) is 0 Å². The lowest BCUT2D eigenvalue weighted by molar-refractivity contribution is 0.262. The van der Waals surface area contributed by atoms with E-state index in [1.807, 2.05) is 6.07 Å². The quantitative estimate of drug-likeness (QED) is 0.685. The van der Waals surface area contributed by atoms with Crippen molar-refractivity contribution in [2.75, 3.05) is 24.9 Å². The Hall–Kier alpha value is -3.13. The van der Waals surface area contributed by atoms with Gasteiger partial charge in [-0.05, 0) is 30.3 Å². The molecule has 0 saturated heterocycles. The Bertz CT molecular complexity index is 930. The molecule has 6 nitrogen and oxygen atoms in total. The van der Waals surface area contributed by atoms with E-state index in [0.717, 1.165) is 5.56 Å². The average Bonchev–Trinajstić information content (AvgIpc) is 3.11. The molecule has 0 atom stereocenters. The van der Waals surface area contributed by atoms with Gasteiger partial charge in [0.1, 0.15) is 5.82 Å². The zero-order valence-corrected chi connectivity index (χ0v) is 14.9. The van der Waals surface area contributed by atoms with E-state index in [1.54, 1.807) is 43.9 Å². The molecule has 0 unspecified atom stereocenters. The van der Waals surface area contributed by atoms with Gasteiger partial charge in [-0.25, -0.2) is 14.2 Å². The number of amides is 2. The minimum absolute atomic E-state index is 0.0988. The van der Waals surface area contributed by atoms with E-state index in [9.17, 15) is 9.18 Å². The Morgan fingerprint density at radius 1 is 1.08 bits per heavy atom. The Balaban J connectivity index is 1.72. The fourth-order valence-corrected chi connectivity index (χ4v) is 2.99. The average molecular weight is 373 g/mol. The maximum atomic E-state index is 13.6. The number of nitrogens with one attached hydrogen (secondary N) is 2. The van der Waals surface area contributed by atoms with Crippen LogP contribution in [0.15, 0.2) is 47.8 Å². The van der Waals surface area contributed by atoms with Crippen LogP contribution in [0.25, 0.3) is 11.3 Å². The molecule has 0 aliphatic rings. The number of para-hydroxylation sites is 1. The highest BCUT2D eigenvalue weighted by Gasteiger charge is 2.12. The van der Waals surface area contributed by atoms with Crippen LogP contribution >= 0.6 is 11.3 Å². The van der Waals surface area contributed by atoms with Crippen molar-refractivity contribution in [2.45, 2.75) is 0 Å². The Morgan fingerprint density at radius 3 is 2.58 bits per heavy atom. The van der Waals surface area contributed by atoms with Gasteiger partial charge >= 0.3 is 6.03 Å². The van der Waals surface area contributed by atoms with E-state index in [4.69, 9.17) is 9.47 Å². The first kappa shape index (κ1) is 17.7. The van der Waals surface area contributed by atoms with Crippen LogP contribution in [0.3, 0.4) is 0 Å². The van der Waals surface area contributed by atoms with Crippen LogP contribution in [0.1, 0.15) is 0 Å². The fourth-order valence-electron chi connectivity index (χ4n) is 2.27. The summed E-state index contributed by atoms with van der Waals surface area (Å²) in [5.41, 5.74) is 1.60. The summed E-state index contributed by atoms with van der Waals surface area (Å²) in [6, 6.07) is 10.8. The smallest absolute Gasteiger partial charge is 0.325 e. The molecule has 8 heteroatoms. The predicted molar refractivity (Wildman–Crippen MR) is 99.7 cm³/mol. The minimum Gasteiger partial charge on any atom is -0.493 e. The van der Waals surface area contributed by atoms with Crippen LogP contribution in [0.2, 0.25) is 0 Å². The zero-order chi connectivity index (χ0) is 18.5. The molecule has 1 heterocycles. The minimum atomic E-state index is -0.566. The highest BCUT2D eigenvalue weighted by molar-refractivity contribution is 7.14. The molecule has 3 aromatic rings. The second kappa shape index (κ2) is 7.83. The summed E-state index contributed by atoms with van der Waals surface area (Å²) in [6.07, 6.45) is 0. The van der Waals surface area contributed by atoms with E-state index >= 15 is 0 Å². The summed E-state index contributed by atoms with van der Waals surface area (Å²) in [4.78, 5) is 16.4. The lowest BCUT2D eigenvalue weighted by Crippen LogP contribution is -2.19. The van der Waals surface area contributed by atoms with Crippen molar-refractivity contribution in [3.63, 3.8) is 0 Å². The number of aromatic nitrogens is 1. The topological polar surface area (TPSA) is 72.5 Å². The van der Waals surface area contributed by atoms with E-state index < -0.39 is 11.8 Å². The Morgan fingerprint density at radius 2 is 1.85 bits per heavy atom. The molecule has 26 heavy (non-hydrogen) atoms. The number of anilines is 2. The standard InChI is InChI=1S/C18H16FN3O3S/c1-24-15-8-7-11(9-16(15)25-2)14-10-26-18(21-14)22-17(23)20-13-6-4-3-5-12(13)19/h3-10H,1-2H3,(H2,20,21,22,23). The second-order valence-electron chi connectivity index (χ2n) is 5.17. The van der Waals surface area contributed by atoms with Gasteiger partial charge in [-0.15, -0.1) is 11.3 Å². The number of carbonyl (C=O) groups excluding carboxylic acids is 1. The van der Waals surface area contributed by atoms with Gasteiger partial charge in [-0.1, -0.05) is 12.1 Å². The number of urea groups is 1. The summed E-state index contributed by atoms with van der Waals surface area (Å²) in [6.45, 7) is 0. The van der Waals surface area contributed by atoms with Gasteiger partial charge in [-0.2, -0.15) is 0 Å². The third kappa shape index (κ3) is 3.92. The highest BCUT2D eigenvalue weighted by Crippen LogP contribution is 2.33. The molecule has 134 valence electrons. The molecular formula is C18H16FN3O3S. The van der Waals surface area contributed by atoms with Gasteiger partial charge in [0, 0.05) is 10.9 Å². The molecule has 2 aromatic carbocycles. The maximum Gasteiger partial charge on any atom is 0.325 e. The van der Waals surface area contributed by atoms with Crippen molar-refractivity contribution >= 4 is 28.2 Å². The van der Waals surface area contributed by atoms with E-state index in [0.29, 0.717) is 22.3 Å².